The average molecular weight is 291 g/mol. The van der Waals surface area contributed by atoms with Crippen molar-refractivity contribution in [2.45, 2.75) is 26.4 Å². The lowest BCUT2D eigenvalue weighted by Gasteiger charge is -2.15. The molecule has 0 aliphatic rings. The molecule has 2 aromatic rings. The molecule has 0 spiro atoms. The molecule has 0 radical (unpaired) electrons. The number of aliphatic hydroxyl groups excluding tert-OH is 1. The first-order valence-corrected chi connectivity index (χ1v) is 6.96. The number of ether oxygens (including phenoxy) is 1. The minimum absolute atomic E-state index is 0.479. The zero-order valence-electron chi connectivity index (χ0n) is 12.0. The highest BCUT2D eigenvalue weighted by molar-refractivity contribution is 6.30. The highest BCUT2D eigenvalue weighted by Crippen LogP contribution is 2.28. The molecule has 0 saturated carbocycles. The van der Waals surface area contributed by atoms with E-state index in [2.05, 4.69) is 6.07 Å². The number of aliphatic hydroxyl groups is 1. The Bertz CT molecular complexity index is 588. The maximum atomic E-state index is 10.4. The lowest BCUT2D eigenvalue weighted by molar-refractivity contribution is 0.177. The molecule has 2 rings (SSSR count). The quantitative estimate of drug-likeness (QED) is 0.912. The Kier molecular flexibility index (Phi) is 4.69. The van der Waals surface area contributed by atoms with Gasteiger partial charge in [-0.25, -0.2) is 0 Å². The van der Waals surface area contributed by atoms with Crippen LogP contribution in [0.15, 0.2) is 36.4 Å². The van der Waals surface area contributed by atoms with Gasteiger partial charge in [-0.3, -0.25) is 0 Å². The normalized spacial score (nSPS) is 12.2. The molecule has 0 fully saturated rings. The molecule has 0 amide bonds. The standard InChI is InChI=1S/C17H19ClO2/c1-11-6-12(2)8-13(7-11)16(19)10-14-9-15(18)4-5-17(14)20-3/h4-9,16,19H,10H2,1-3H3. The summed E-state index contributed by atoms with van der Waals surface area (Å²) in [5.41, 5.74) is 4.13. The average Bonchev–Trinajstić information content (AvgIpc) is 2.37. The van der Waals surface area contributed by atoms with E-state index in [0.717, 1.165) is 28.0 Å². The largest absolute Gasteiger partial charge is 0.496 e. The van der Waals surface area contributed by atoms with Crippen molar-refractivity contribution in [3.05, 3.63) is 63.7 Å². The van der Waals surface area contributed by atoms with E-state index in [4.69, 9.17) is 16.3 Å². The van der Waals surface area contributed by atoms with Gasteiger partial charge in [0.05, 0.1) is 13.2 Å². The van der Waals surface area contributed by atoms with Crippen LogP contribution < -0.4 is 4.74 Å². The Morgan fingerprint density at radius 2 is 1.75 bits per heavy atom. The van der Waals surface area contributed by atoms with Gasteiger partial charge in [-0.15, -0.1) is 0 Å². The summed E-state index contributed by atoms with van der Waals surface area (Å²) in [5, 5.41) is 11.1. The highest BCUT2D eigenvalue weighted by atomic mass is 35.5. The van der Waals surface area contributed by atoms with E-state index in [1.165, 1.54) is 0 Å². The van der Waals surface area contributed by atoms with Crippen molar-refractivity contribution in [2.24, 2.45) is 0 Å². The fraction of sp³-hybridized carbons (Fsp3) is 0.294. The first kappa shape index (κ1) is 14.9. The van der Waals surface area contributed by atoms with E-state index in [1.54, 1.807) is 13.2 Å². The van der Waals surface area contributed by atoms with Crippen LogP contribution in [0.2, 0.25) is 5.02 Å². The van der Waals surface area contributed by atoms with Crippen molar-refractivity contribution >= 4 is 11.6 Å². The van der Waals surface area contributed by atoms with Crippen molar-refractivity contribution in [2.75, 3.05) is 7.11 Å². The van der Waals surface area contributed by atoms with Crippen LogP contribution in [-0.4, -0.2) is 12.2 Å². The van der Waals surface area contributed by atoms with Crippen LogP contribution in [0.25, 0.3) is 0 Å². The Hall–Kier alpha value is -1.51. The molecule has 0 aliphatic carbocycles. The molecule has 3 heteroatoms. The minimum Gasteiger partial charge on any atom is -0.496 e. The van der Waals surface area contributed by atoms with E-state index in [0.29, 0.717) is 11.4 Å². The summed E-state index contributed by atoms with van der Waals surface area (Å²) in [5.74, 6) is 0.748. The van der Waals surface area contributed by atoms with Gasteiger partial charge in [-0.05, 0) is 43.2 Å². The molecular weight excluding hydrogens is 272 g/mol. The lowest BCUT2D eigenvalue weighted by Crippen LogP contribution is -2.04. The van der Waals surface area contributed by atoms with Gasteiger partial charge in [-0.1, -0.05) is 40.9 Å². The Morgan fingerprint density at radius 3 is 2.35 bits per heavy atom. The molecule has 0 aromatic heterocycles. The summed E-state index contributed by atoms with van der Waals surface area (Å²) >= 11 is 6.02. The van der Waals surface area contributed by atoms with Gasteiger partial charge < -0.3 is 9.84 Å². The molecule has 2 nitrogen and oxygen atoms in total. The SMILES string of the molecule is COc1ccc(Cl)cc1CC(O)c1cc(C)cc(C)c1. The first-order chi connectivity index (χ1) is 9.49. The number of aryl methyl sites for hydroxylation is 2. The second kappa shape index (κ2) is 6.29. The predicted molar refractivity (Wildman–Crippen MR) is 82.6 cm³/mol. The van der Waals surface area contributed by atoms with E-state index < -0.39 is 6.10 Å². The molecule has 0 heterocycles. The summed E-state index contributed by atoms with van der Waals surface area (Å²) in [6, 6.07) is 11.6. The third-order valence-electron chi connectivity index (χ3n) is 3.28. The number of benzene rings is 2. The van der Waals surface area contributed by atoms with Gasteiger partial charge in [0, 0.05) is 11.4 Å². The van der Waals surface area contributed by atoms with Gasteiger partial charge in [0.25, 0.3) is 0 Å². The topological polar surface area (TPSA) is 29.5 Å². The number of hydrogen-bond acceptors (Lipinski definition) is 2. The molecule has 0 aliphatic heterocycles. The molecule has 2 aromatic carbocycles. The van der Waals surface area contributed by atoms with Crippen LogP contribution in [0, 0.1) is 13.8 Å². The van der Waals surface area contributed by atoms with E-state index in [1.807, 2.05) is 38.1 Å². The molecule has 1 atom stereocenters. The van der Waals surface area contributed by atoms with Gasteiger partial charge in [0.1, 0.15) is 5.75 Å². The molecule has 1 unspecified atom stereocenters. The van der Waals surface area contributed by atoms with E-state index in [9.17, 15) is 5.11 Å². The second-order valence-corrected chi connectivity index (χ2v) is 5.53. The van der Waals surface area contributed by atoms with Gasteiger partial charge in [-0.2, -0.15) is 0 Å². The third-order valence-corrected chi connectivity index (χ3v) is 3.52. The summed E-state index contributed by atoms with van der Waals surface area (Å²) in [6.07, 6.45) is -0.0898. The first-order valence-electron chi connectivity index (χ1n) is 6.58. The smallest absolute Gasteiger partial charge is 0.122 e. The zero-order valence-corrected chi connectivity index (χ0v) is 12.7. The van der Waals surface area contributed by atoms with Crippen molar-refractivity contribution < 1.29 is 9.84 Å². The van der Waals surface area contributed by atoms with Crippen molar-refractivity contribution in [3.8, 4) is 5.75 Å². The zero-order chi connectivity index (χ0) is 14.7. The number of hydrogen-bond donors (Lipinski definition) is 1. The van der Waals surface area contributed by atoms with Crippen LogP contribution in [0.1, 0.15) is 28.4 Å². The molecule has 0 bridgehead atoms. The number of methoxy groups -OCH3 is 1. The van der Waals surface area contributed by atoms with Crippen LogP contribution in [0.5, 0.6) is 5.75 Å². The van der Waals surface area contributed by atoms with E-state index in [-0.39, 0.29) is 0 Å². The number of rotatable bonds is 4. The lowest BCUT2D eigenvalue weighted by atomic mass is 9.98. The van der Waals surface area contributed by atoms with Crippen LogP contribution in [0.3, 0.4) is 0 Å². The predicted octanol–water partition coefficient (Wildman–Crippen LogP) is 4.24. The van der Waals surface area contributed by atoms with Crippen LogP contribution >= 0.6 is 11.6 Å². The van der Waals surface area contributed by atoms with E-state index >= 15 is 0 Å². The molecular formula is C17H19ClO2. The fourth-order valence-corrected chi connectivity index (χ4v) is 2.63. The summed E-state index contributed by atoms with van der Waals surface area (Å²) in [7, 11) is 1.62. The number of halogens is 1. The highest BCUT2D eigenvalue weighted by Gasteiger charge is 2.13. The van der Waals surface area contributed by atoms with Crippen molar-refractivity contribution in [1.82, 2.24) is 0 Å². The summed E-state index contributed by atoms with van der Waals surface area (Å²) in [6.45, 7) is 4.06. The Labute approximate surface area is 125 Å². The third kappa shape index (κ3) is 3.53. The fourth-order valence-electron chi connectivity index (χ4n) is 2.44. The molecule has 20 heavy (non-hydrogen) atoms. The maximum Gasteiger partial charge on any atom is 0.122 e. The Morgan fingerprint density at radius 1 is 1.10 bits per heavy atom. The van der Waals surface area contributed by atoms with Gasteiger partial charge >= 0.3 is 0 Å². The molecule has 0 saturated heterocycles. The van der Waals surface area contributed by atoms with Gasteiger partial charge in [0.2, 0.25) is 0 Å². The van der Waals surface area contributed by atoms with Gasteiger partial charge in [0.15, 0.2) is 0 Å². The molecule has 1 N–H and O–H groups in total. The van der Waals surface area contributed by atoms with Crippen molar-refractivity contribution in [1.29, 1.82) is 0 Å². The van der Waals surface area contributed by atoms with Crippen LogP contribution in [0.4, 0.5) is 0 Å². The maximum absolute atomic E-state index is 10.4. The summed E-state index contributed by atoms with van der Waals surface area (Å²) < 4.78 is 5.31. The summed E-state index contributed by atoms with van der Waals surface area (Å²) in [4.78, 5) is 0. The molecule has 106 valence electrons. The Balaban J connectivity index is 2.27. The minimum atomic E-state index is -0.569. The second-order valence-electron chi connectivity index (χ2n) is 5.10. The van der Waals surface area contributed by atoms with Crippen molar-refractivity contribution in [3.63, 3.8) is 0 Å². The van der Waals surface area contributed by atoms with Crippen LogP contribution in [-0.2, 0) is 6.42 Å². The monoisotopic (exact) mass is 290 g/mol.